The van der Waals surface area contributed by atoms with Gasteiger partial charge in [-0.1, -0.05) is 39.0 Å². The third-order valence-corrected chi connectivity index (χ3v) is 1.73. The maximum atomic E-state index is 9.98. The molecule has 0 saturated carbocycles. The van der Waals surface area contributed by atoms with E-state index in [1.807, 2.05) is 0 Å². The Morgan fingerprint density at radius 1 is 1.00 bits per heavy atom. The van der Waals surface area contributed by atoms with E-state index in [4.69, 9.17) is 0 Å². The van der Waals surface area contributed by atoms with Crippen molar-refractivity contribution in [1.29, 1.82) is 0 Å². The van der Waals surface area contributed by atoms with Crippen LogP contribution in [0.15, 0.2) is 0 Å². The minimum Gasteiger partial charge on any atom is -0.870 e. The number of carboxylic acid groups (broad SMARTS) is 1. The molecule has 0 aromatic heterocycles. The number of hydrogen-bond acceptors (Lipinski definition) is 4. The van der Waals surface area contributed by atoms with E-state index < -0.39 is 5.97 Å². The summed E-state index contributed by atoms with van der Waals surface area (Å²) in [5, 5.41) is 9.98. The Labute approximate surface area is 98.8 Å². The third-order valence-electron chi connectivity index (χ3n) is 1.73. The fourth-order valence-corrected chi connectivity index (χ4v) is 1.05. The first-order chi connectivity index (χ1) is 5.27. The predicted molar refractivity (Wildman–Crippen MR) is 52.6 cm³/mol. The quantitative estimate of drug-likeness (QED) is 0.498. The van der Waals surface area contributed by atoms with Crippen LogP contribution in [0, 0.1) is 0 Å². The second-order valence-electron chi connectivity index (χ2n) is 2.89. The summed E-state index contributed by atoms with van der Waals surface area (Å²) in [6.45, 7) is 2.17. The van der Waals surface area contributed by atoms with Crippen LogP contribution >= 0.6 is 0 Å². The molecule has 0 heterocycles. The number of unbranched alkanes of at least 4 members (excludes halogenated alkanes) is 5. The van der Waals surface area contributed by atoms with Gasteiger partial charge in [-0.25, -0.2) is 0 Å². The average molecular weight is 261 g/mol. The molecule has 0 aromatic carbocycles. The van der Waals surface area contributed by atoms with Crippen molar-refractivity contribution in [2.45, 2.75) is 51.9 Å². The Kier molecular flexibility index (Phi) is 31.7. The number of hydrogen-bond donors (Lipinski definition) is 0. The normalized spacial score (nSPS) is 7.79. The molecular weight excluding hydrogens is 242 g/mol. The van der Waals surface area contributed by atoms with Crippen LogP contribution in [0.25, 0.3) is 0 Å². The van der Waals surface area contributed by atoms with Crippen molar-refractivity contribution in [3.8, 4) is 0 Å². The first-order valence-corrected chi connectivity index (χ1v) is 4.47. The van der Waals surface area contributed by atoms with E-state index in [-0.39, 0.29) is 37.2 Å². The Morgan fingerprint density at radius 2 is 1.43 bits per heavy atom. The molecule has 4 nitrogen and oxygen atoms in total. The van der Waals surface area contributed by atoms with Gasteiger partial charge >= 0.3 is 19.8 Å². The van der Waals surface area contributed by atoms with Gasteiger partial charge in [-0.2, -0.15) is 0 Å². The smallest absolute Gasteiger partial charge is 0.870 e. The monoisotopic (exact) mass is 260 g/mol. The summed E-state index contributed by atoms with van der Waals surface area (Å²) in [7, 11) is 0. The molecule has 14 heavy (non-hydrogen) atoms. The van der Waals surface area contributed by atoms with Crippen LogP contribution in [0.1, 0.15) is 51.9 Å². The van der Waals surface area contributed by atoms with Gasteiger partial charge in [0, 0.05) is 5.97 Å². The number of carbonyl (C=O) groups is 1. The van der Waals surface area contributed by atoms with Gasteiger partial charge in [-0.3, -0.25) is 0 Å². The SMILES string of the molecule is CCCCCCCCC(=O)[O-].[Ga+3].[OH-].[OH-]. The summed E-state index contributed by atoms with van der Waals surface area (Å²) in [5.41, 5.74) is 0. The molecule has 0 fully saturated rings. The van der Waals surface area contributed by atoms with Crippen LogP contribution in [-0.4, -0.2) is 36.7 Å². The van der Waals surface area contributed by atoms with Crippen molar-refractivity contribution < 1.29 is 20.9 Å². The van der Waals surface area contributed by atoms with Crippen LogP contribution in [-0.2, 0) is 4.79 Å². The summed E-state index contributed by atoms with van der Waals surface area (Å²) in [5.74, 6) is -0.916. The summed E-state index contributed by atoms with van der Waals surface area (Å²) in [4.78, 5) is 9.98. The molecule has 0 saturated heterocycles. The number of carbonyl (C=O) groups excluding carboxylic acids is 1. The Bertz CT molecular complexity index is 109. The number of carboxylic acids is 1. The molecule has 0 atom stereocenters. The van der Waals surface area contributed by atoms with Crippen molar-refractivity contribution in [2.75, 3.05) is 0 Å². The molecule has 0 aliphatic carbocycles. The molecule has 0 rings (SSSR count). The van der Waals surface area contributed by atoms with Gasteiger partial charge in [0.15, 0.2) is 0 Å². The van der Waals surface area contributed by atoms with Crippen LogP contribution < -0.4 is 5.11 Å². The van der Waals surface area contributed by atoms with Gasteiger partial charge in [-0.05, 0) is 12.8 Å². The molecule has 0 unspecified atom stereocenters. The van der Waals surface area contributed by atoms with Gasteiger partial charge in [-0.15, -0.1) is 0 Å². The van der Waals surface area contributed by atoms with Crippen LogP contribution in [0.3, 0.4) is 0 Å². The van der Waals surface area contributed by atoms with E-state index in [1.54, 1.807) is 0 Å². The fraction of sp³-hybridized carbons (Fsp3) is 0.889. The topological polar surface area (TPSA) is 100 Å². The number of rotatable bonds is 7. The van der Waals surface area contributed by atoms with Gasteiger partial charge in [0.1, 0.15) is 0 Å². The summed E-state index contributed by atoms with van der Waals surface area (Å²) < 4.78 is 0. The maximum absolute atomic E-state index is 9.98. The molecule has 0 aromatic rings. The van der Waals surface area contributed by atoms with Gasteiger partial charge in [0.05, 0.1) is 0 Å². The van der Waals surface area contributed by atoms with Gasteiger partial charge < -0.3 is 20.9 Å². The molecule has 2 N–H and O–H groups in total. The van der Waals surface area contributed by atoms with Crippen molar-refractivity contribution in [3.63, 3.8) is 0 Å². The first-order valence-electron chi connectivity index (χ1n) is 4.47. The summed E-state index contributed by atoms with van der Waals surface area (Å²) in [6.07, 6.45) is 6.96. The molecule has 0 aliphatic heterocycles. The van der Waals surface area contributed by atoms with Crippen molar-refractivity contribution in [2.24, 2.45) is 0 Å². The summed E-state index contributed by atoms with van der Waals surface area (Å²) >= 11 is 0. The zero-order valence-electron chi connectivity index (χ0n) is 8.74. The molecule has 0 aliphatic rings. The predicted octanol–water partition coefficient (Wildman–Crippen LogP) is 0.753. The molecule has 0 spiro atoms. The van der Waals surface area contributed by atoms with E-state index >= 15 is 0 Å². The van der Waals surface area contributed by atoms with E-state index in [0.717, 1.165) is 12.8 Å². The van der Waals surface area contributed by atoms with Gasteiger partial charge in [0.25, 0.3) is 0 Å². The van der Waals surface area contributed by atoms with Crippen LogP contribution in [0.4, 0.5) is 0 Å². The van der Waals surface area contributed by atoms with Crippen molar-refractivity contribution >= 4 is 25.8 Å². The molecular formula is C9H19GaO4. The average Bonchev–Trinajstić information content (AvgIpc) is 1.96. The molecule has 0 amide bonds. The van der Waals surface area contributed by atoms with Crippen molar-refractivity contribution in [3.05, 3.63) is 0 Å². The molecule has 0 radical (unpaired) electrons. The van der Waals surface area contributed by atoms with Crippen LogP contribution in [0.5, 0.6) is 0 Å². The minimum atomic E-state index is -0.916. The minimum absolute atomic E-state index is 0. The zero-order chi connectivity index (χ0) is 8.53. The Hall–Kier alpha value is 0.0264. The van der Waals surface area contributed by atoms with E-state index in [2.05, 4.69) is 6.92 Å². The summed E-state index contributed by atoms with van der Waals surface area (Å²) in [6, 6.07) is 0. The Morgan fingerprint density at radius 3 is 1.86 bits per heavy atom. The second-order valence-corrected chi connectivity index (χ2v) is 2.89. The number of aliphatic carboxylic acids is 1. The largest absolute Gasteiger partial charge is 3.00 e. The molecule has 0 bridgehead atoms. The fourth-order valence-electron chi connectivity index (χ4n) is 1.05. The zero-order valence-corrected chi connectivity index (χ0v) is 11.2. The van der Waals surface area contributed by atoms with Crippen LogP contribution in [0.2, 0.25) is 0 Å². The Balaban J connectivity index is -0.000000167. The standard InChI is InChI=1S/C9H18O2.Ga.2H2O/c1-2-3-4-5-6-7-8-9(10)11;;;/h2-8H2,1H3,(H,10,11);;2*1H2/q;+3;;/p-3. The second kappa shape index (κ2) is 18.7. The maximum Gasteiger partial charge on any atom is 3.00 e. The van der Waals surface area contributed by atoms with E-state index in [9.17, 15) is 9.90 Å². The van der Waals surface area contributed by atoms with Gasteiger partial charge in [0.2, 0.25) is 0 Å². The van der Waals surface area contributed by atoms with E-state index in [1.165, 1.54) is 25.7 Å². The molecule has 5 heteroatoms. The molecule has 82 valence electrons. The third kappa shape index (κ3) is 22.7. The first kappa shape index (κ1) is 23.7. The van der Waals surface area contributed by atoms with Crippen molar-refractivity contribution in [1.82, 2.24) is 0 Å². The van der Waals surface area contributed by atoms with E-state index in [0.29, 0.717) is 0 Å².